The average molecular weight is 323 g/mol. The molecule has 1 aliphatic heterocycles. The Kier molecular flexibility index (Phi) is 6.62. The third kappa shape index (κ3) is 4.80. The molecule has 2 heterocycles. The van der Waals surface area contributed by atoms with E-state index in [0.717, 1.165) is 31.0 Å². The molecular weight excluding hydrogens is 294 g/mol. The number of nitrogens with two attached hydrogens (primary N) is 1. The molecule has 0 bridgehead atoms. The number of morpholine rings is 1. The third-order valence-electron chi connectivity index (χ3n) is 4.61. The zero-order chi connectivity index (χ0) is 16.8. The Morgan fingerprint density at radius 3 is 2.65 bits per heavy atom. The first kappa shape index (κ1) is 18.0. The summed E-state index contributed by atoms with van der Waals surface area (Å²) in [5.74, 6) is 1.83. The van der Waals surface area contributed by atoms with Crippen LogP contribution in [-0.2, 0) is 9.53 Å². The predicted molar refractivity (Wildman–Crippen MR) is 89.0 cm³/mol. The number of carbonyl (C=O) groups excluding carboxylic acids is 1. The fourth-order valence-electron chi connectivity index (χ4n) is 2.76. The zero-order valence-corrected chi connectivity index (χ0v) is 14.4. The van der Waals surface area contributed by atoms with Crippen LogP contribution < -0.4 is 11.1 Å². The van der Waals surface area contributed by atoms with Crippen molar-refractivity contribution in [3.05, 3.63) is 23.7 Å². The number of amides is 1. The van der Waals surface area contributed by atoms with E-state index in [4.69, 9.17) is 14.9 Å². The lowest BCUT2D eigenvalue weighted by atomic mass is 9.99. The maximum atomic E-state index is 12.3. The summed E-state index contributed by atoms with van der Waals surface area (Å²) in [5.41, 5.74) is 6.01. The molecule has 0 radical (unpaired) electrons. The van der Waals surface area contributed by atoms with Crippen molar-refractivity contribution < 1.29 is 13.9 Å². The van der Waals surface area contributed by atoms with Crippen LogP contribution in [-0.4, -0.2) is 49.7 Å². The van der Waals surface area contributed by atoms with Gasteiger partial charge in [-0.1, -0.05) is 20.3 Å². The molecule has 0 aromatic carbocycles. The molecule has 1 saturated heterocycles. The summed E-state index contributed by atoms with van der Waals surface area (Å²) < 4.78 is 11.2. The van der Waals surface area contributed by atoms with Gasteiger partial charge in [-0.25, -0.2) is 0 Å². The molecule has 6 heteroatoms. The van der Waals surface area contributed by atoms with Crippen molar-refractivity contribution in [2.24, 2.45) is 11.7 Å². The van der Waals surface area contributed by atoms with Crippen molar-refractivity contribution in [2.75, 3.05) is 32.8 Å². The van der Waals surface area contributed by atoms with Gasteiger partial charge < -0.3 is 20.2 Å². The van der Waals surface area contributed by atoms with Gasteiger partial charge in [-0.2, -0.15) is 0 Å². The van der Waals surface area contributed by atoms with E-state index < -0.39 is 6.04 Å². The van der Waals surface area contributed by atoms with Crippen molar-refractivity contribution in [3.8, 4) is 0 Å². The molecule has 6 nitrogen and oxygen atoms in total. The van der Waals surface area contributed by atoms with E-state index in [1.54, 1.807) is 0 Å². The maximum Gasteiger partial charge on any atom is 0.237 e. The van der Waals surface area contributed by atoms with Gasteiger partial charge in [-0.15, -0.1) is 0 Å². The summed E-state index contributed by atoms with van der Waals surface area (Å²) in [6.07, 6.45) is 0.888. The van der Waals surface area contributed by atoms with Crippen LogP contribution in [0.3, 0.4) is 0 Å². The van der Waals surface area contributed by atoms with Gasteiger partial charge in [-0.05, 0) is 25.0 Å². The number of hydrogen-bond acceptors (Lipinski definition) is 5. The predicted octanol–water partition coefficient (Wildman–Crippen LogP) is 1.45. The van der Waals surface area contributed by atoms with Crippen LogP contribution in [0.15, 0.2) is 16.5 Å². The number of hydrogen-bond donors (Lipinski definition) is 2. The quantitative estimate of drug-likeness (QED) is 0.794. The van der Waals surface area contributed by atoms with Crippen LogP contribution in [0, 0.1) is 12.8 Å². The molecule has 1 aromatic rings. The van der Waals surface area contributed by atoms with E-state index in [-0.39, 0.29) is 17.9 Å². The van der Waals surface area contributed by atoms with E-state index in [1.807, 2.05) is 32.9 Å². The Balaban J connectivity index is 2.01. The molecule has 3 atom stereocenters. The highest BCUT2D eigenvalue weighted by Gasteiger charge is 2.27. The SMILES string of the molecule is CCC(C)C(N)C(=O)NCC(c1ccc(C)o1)N1CCOCC1. The molecule has 23 heavy (non-hydrogen) atoms. The summed E-state index contributed by atoms with van der Waals surface area (Å²) in [6, 6.07) is 3.48. The molecule has 2 rings (SSSR count). The second kappa shape index (κ2) is 8.47. The van der Waals surface area contributed by atoms with Gasteiger partial charge in [-0.3, -0.25) is 9.69 Å². The number of furan rings is 1. The topological polar surface area (TPSA) is 80.7 Å². The molecule has 0 saturated carbocycles. The number of carbonyl (C=O) groups is 1. The van der Waals surface area contributed by atoms with Crippen LogP contribution in [0.4, 0.5) is 0 Å². The fourth-order valence-corrected chi connectivity index (χ4v) is 2.76. The zero-order valence-electron chi connectivity index (χ0n) is 14.4. The number of aryl methyl sites for hydroxylation is 1. The van der Waals surface area contributed by atoms with E-state index >= 15 is 0 Å². The summed E-state index contributed by atoms with van der Waals surface area (Å²) >= 11 is 0. The molecular formula is C17H29N3O3. The normalized spacial score (nSPS) is 20.0. The Hall–Kier alpha value is -1.37. The van der Waals surface area contributed by atoms with E-state index in [2.05, 4.69) is 10.2 Å². The minimum atomic E-state index is -0.469. The van der Waals surface area contributed by atoms with Crippen molar-refractivity contribution in [1.82, 2.24) is 10.2 Å². The molecule has 1 aliphatic rings. The second-order valence-corrected chi connectivity index (χ2v) is 6.27. The van der Waals surface area contributed by atoms with Crippen LogP contribution >= 0.6 is 0 Å². The molecule has 1 fully saturated rings. The molecule has 3 N–H and O–H groups in total. The van der Waals surface area contributed by atoms with Crippen molar-refractivity contribution in [2.45, 2.75) is 39.3 Å². The number of rotatable bonds is 7. The summed E-state index contributed by atoms with van der Waals surface area (Å²) in [6.45, 7) is 9.54. The Morgan fingerprint density at radius 2 is 2.09 bits per heavy atom. The minimum Gasteiger partial charge on any atom is -0.465 e. The highest BCUT2D eigenvalue weighted by Crippen LogP contribution is 2.23. The average Bonchev–Trinajstić information content (AvgIpc) is 3.00. The highest BCUT2D eigenvalue weighted by molar-refractivity contribution is 5.81. The van der Waals surface area contributed by atoms with Gasteiger partial charge in [0.2, 0.25) is 5.91 Å². The van der Waals surface area contributed by atoms with Crippen LogP contribution in [0.1, 0.15) is 37.8 Å². The maximum absolute atomic E-state index is 12.3. The van der Waals surface area contributed by atoms with Crippen LogP contribution in [0.2, 0.25) is 0 Å². The van der Waals surface area contributed by atoms with Crippen molar-refractivity contribution in [3.63, 3.8) is 0 Å². The minimum absolute atomic E-state index is 0.0145. The molecule has 3 unspecified atom stereocenters. The van der Waals surface area contributed by atoms with Gasteiger partial charge in [0.1, 0.15) is 11.5 Å². The summed E-state index contributed by atoms with van der Waals surface area (Å²) in [5, 5.41) is 3.00. The molecule has 130 valence electrons. The van der Waals surface area contributed by atoms with Gasteiger partial charge in [0.05, 0.1) is 25.3 Å². The molecule has 1 amide bonds. The lowest BCUT2D eigenvalue weighted by molar-refractivity contribution is -0.123. The lowest BCUT2D eigenvalue weighted by Gasteiger charge is -2.33. The van der Waals surface area contributed by atoms with E-state index in [0.29, 0.717) is 19.8 Å². The second-order valence-electron chi connectivity index (χ2n) is 6.27. The number of nitrogens with one attached hydrogen (secondary N) is 1. The smallest absolute Gasteiger partial charge is 0.237 e. The van der Waals surface area contributed by atoms with Gasteiger partial charge >= 0.3 is 0 Å². The van der Waals surface area contributed by atoms with E-state index in [9.17, 15) is 4.79 Å². The standard InChI is InChI=1S/C17H29N3O3/c1-4-12(2)16(18)17(21)19-11-14(15-6-5-13(3)23-15)20-7-9-22-10-8-20/h5-6,12,14,16H,4,7-11,18H2,1-3H3,(H,19,21). The Labute approximate surface area is 138 Å². The lowest BCUT2D eigenvalue weighted by Crippen LogP contribution is -2.48. The van der Waals surface area contributed by atoms with Gasteiger partial charge in [0, 0.05) is 19.6 Å². The Morgan fingerprint density at radius 1 is 1.39 bits per heavy atom. The molecule has 1 aromatic heterocycles. The van der Waals surface area contributed by atoms with Crippen molar-refractivity contribution >= 4 is 5.91 Å². The Bertz CT molecular complexity index is 497. The van der Waals surface area contributed by atoms with Crippen LogP contribution in [0.5, 0.6) is 0 Å². The highest BCUT2D eigenvalue weighted by atomic mass is 16.5. The summed E-state index contributed by atoms with van der Waals surface area (Å²) in [7, 11) is 0. The van der Waals surface area contributed by atoms with Crippen LogP contribution in [0.25, 0.3) is 0 Å². The molecule has 0 aliphatic carbocycles. The fraction of sp³-hybridized carbons (Fsp3) is 0.706. The first-order valence-corrected chi connectivity index (χ1v) is 8.44. The largest absolute Gasteiger partial charge is 0.465 e. The first-order chi connectivity index (χ1) is 11.0. The van der Waals surface area contributed by atoms with Gasteiger partial charge in [0.15, 0.2) is 0 Å². The van der Waals surface area contributed by atoms with Gasteiger partial charge in [0.25, 0.3) is 0 Å². The first-order valence-electron chi connectivity index (χ1n) is 8.44. The molecule has 0 spiro atoms. The number of ether oxygens (including phenoxy) is 1. The van der Waals surface area contributed by atoms with Crippen molar-refractivity contribution in [1.29, 1.82) is 0 Å². The number of nitrogens with zero attached hydrogens (tertiary/aromatic N) is 1. The van der Waals surface area contributed by atoms with E-state index in [1.165, 1.54) is 0 Å². The summed E-state index contributed by atoms with van der Waals surface area (Å²) in [4.78, 5) is 14.5. The third-order valence-corrected chi connectivity index (χ3v) is 4.61. The monoisotopic (exact) mass is 323 g/mol.